The van der Waals surface area contributed by atoms with Crippen molar-refractivity contribution in [1.82, 2.24) is 19.7 Å². The summed E-state index contributed by atoms with van der Waals surface area (Å²) >= 11 is 1.77. The lowest BCUT2D eigenvalue weighted by Crippen LogP contribution is -2.35. The average molecular weight is 392 g/mol. The van der Waals surface area contributed by atoms with E-state index in [1.165, 1.54) is 10.4 Å². The Morgan fingerprint density at radius 2 is 2.21 bits per heavy atom. The van der Waals surface area contributed by atoms with E-state index >= 15 is 0 Å². The third kappa shape index (κ3) is 2.74. The molecule has 4 aromatic rings. The van der Waals surface area contributed by atoms with E-state index < -0.39 is 0 Å². The van der Waals surface area contributed by atoms with E-state index in [-0.39, 0.29) is 11.9 Å². The SMILES string of the molecule is CC(C)n1ncc2c(C(=O)N3CCc4sccc4C3)cc(-c3ccco3)nc21. The molecule has 5 rings (SSSR count). The van der Waals surface area contributed by atoms with Crippen molar-refractivity contribution < 1.29 is 9.21 Å². The molecule has 142 valence electrons. The maximum absolute atomic E-state index is 13.5. The molecule has 0 N–H and O–H groups in total. The smallest absolute Gasteiger partial charge is 0.255 e. The summed E-state index contributed by atoms with van der Waals surface area (Å²) in [6, 6.07) is 7.77. The lowest BCUT2D eigenvalue weighted by atomic mass is 10.1. The number of pyridine rings is 1. The van der Waals surface area contributed by atoms with Crippen LogP contribution in [0, 0.1) is 0 Å². The van der Waals surface area contributed by atoms with E-state index in [2.05, 4.69) is 30.4 Å². The van der Waals surface area contributed by atoms with Gasteiger partial charge in [-0.25, -0.2) is 9.67 Å². The largest absolute Gasteiger partial charge is 0.463 e. The highest BCUT2D eigenvalue weighted by atomic mass is 32.1. The third-order valence-electron chi connectivity index (χ3n) is 5.15. The van der Waals surface area contributed by atoms with Crippen LogP contribution >= 0.6 is 11.3 Å². The van der Waals surface area contributed by atoms with Gasteiger partial charge in [0, 0.05) is 24.0 Å². The Bertz CT molecular complexity index is 1160. The van der Waals surface area contributed by atoms with Crippen molar-refractivity contribution in [2.24, 2.45) is 0 Å². The maximum atomic E-state index is 13.5. The summed E-state index contributed by atoms with van der Waals surface area (Å²) in [4.78, 5) is 21.5. The van der Waals surface area contributed by atoms with Crippen LogP contribution in [0.3, 0.4) is 0 Å². The van der Waals surface area contributed by atoms with E-state index in [0.29, 0.717) is 29.2 Å². The van der Waals surface area contributed by atoms with Gasteiger partial charge < -0.3 is 9.32 Å². The topological polar surface area (TPSA) is 64.2 Å². The number of carbonyl (C=O) groups is 1. The number of thiophene rings is 1. The summed E-state index contributed by atoms with van der Waals surface area (Å²) in [5.74, 6) is 0.659. The summed E-state index contributed by atoms with van der Waals surface area (Å²) < 4.78 is 7.40. The van der Waals surface area contributed by atoms with E-state index in [1.54, 1.807) is 23.8 Å². The molecule has 0 saturated carbocycles. The van der Waals surface area contributed by atoms with Crippen LogP contribution in [-0.4, -0.2) is 32.1 Å². The van der Waals surface area contributed by atoms with Crippen LogP contribution in [0.15, 0.2) is 46.5 Å². The van der Waals surface area contributed by atoms with Crippen LogP contribution in [0.2, 0.25) is 0 Å². The first-order valence-corrected chi connectivity index (χ1v) is 10.3. The molecule has 0 aliphatic carbocycles. The van der Waals surface area contributed by atoms with Gasteiger partial charge in [-0.15, -0.1) is 11.3 Å². The first-order valence-electron chi connectivity index (χ1n) is 9.38. The van der Waals surface area contributed by atoms with Crippen LogP contribution in [0.25, 0.3) is 22.5 Å². The number of hydrogen-bond donors (Lipinski definition) is 0. The molecule has 0 fully saturated rings. The summed E-state index contributed by atoms with van der Waals surface area (Å²) in [7, 11) is 0. The van der Waals surface area contributed by atoms with Crippen molar-refractivity contribution in [3.05, 3.63) is 58.1 Å². The second-order valence-corrected chi connectivity index (χ2v) is 8.30. The highest BCUT2D eigenvalue weighted by molar-refractivity contribution is 7.10. The number of rotatable bonds is 3. The van der Waals surface area contributed by atoms with Gasteiger partial charge in [-0.2, -0.15) is 5.10 Å². The zero-order valence-electron chi connectivity index (χ0n) is 15.8. The molecule has 7 heteroatoms. The summed E-state index contributed by atoms with van der Waals surface area (Å²) in [6.07, 6.45) is 4.27. The quantitative estimate of drug-likeness (QED) is 0.514. The molecule has 0 aromatic carbocycles. The molecule has 0 spiro atoms. The molecule has 1 aliphatic heterocycles. The number of fused-ring (bicyclic) bond motifs is 2. The minimum atomic E-state index is 0.0142. The minimum Gasteiger partial charge on any atom is -0.463 e. The van der Waals surface area contributed by atoms with Gasteiger partial charge >= 0.3 is 0 Å². The normalized spacial score (nSPS) is 14.0. The molecule has 1 amide bonds. The van der Waals surface area contributed by atoms with Crippen molar-refractivity contribution >= 4 is 28.3 Å². The summed E-state index contributed by atoms with van der Waals surface area (Å²) in [5, 5.41) is 7.37. The fourth-order valence-corrected chi connectivity index (χ4v) is 4.61. The van der Waals surface area contributed by atoms with E-state index in [1.807, 2.05) is 27.8 Å². The molecule has 0 atom stereocenters. The highest BCUT2D eigenvalue weighted by Crippen LogP contribution is 2.30. The van der Waals surface area contributed by atoms with E-state index in [0.717, 1.165) is 18.4 Å². The number of nitrogens with zero attached hydrogens (tertiary/aromatic N) is 4. The van der Waals surface area contributed by atoms with Crippen molar-refractivity contribution in [2.45, 2.75) is 32.9 Å². The van der Waals surface area contributed by atoms with Crippen LogP contribution in [0.4, 0.5) is 0 Å². The van der Waals surface area contributed by atoms with Crippen molar-refractivity contribution in [3.8, 4) is 11.5 Å². The third-order valence-corrected chi connectivity index (χ3v) is 6.18. The zero-order chi connectivity index (χ0) is 19.3. The first-order chi connectivity index (χ1) is 13.6. The summed E-state index contributed by atoms with van der Waals surface area (Å²) in [6.45, 7) is 5.48. The van der Waals surface area contributed by atoms with Crippen molar-refractivity contribution in [3.63, 3.8) is 0 Å². The van der Waals surface area contributed by atoms with Gasteiger partial charge in [0.15, 0.2) is 11.4 Å². The van der Waals surface area contributed by atoms with Gasteiger partial charge in [0.2, 0.25) is 0 Å². The predicted molar refractivity (Wildman–Crippen MR) is 108 cm³/mol. The molecule has 0 radical (unpaired) electrons. The lowest BCUT2D eigenvalue weighted by molar-refractivity contribution is 0.0738. The molecule has 5 heterocycles. The predicted octanol–water partition coefficient (Wildman–Crippen LogP) is 4.53. The van der Waals surface area contributed by atoms with Crippen LogP contribution < -0.4 is 0 Å². The Morgan fingerprint density at radius 1 is 1.32 bits per heavy atom. The molecular weight excluding hydrogens is 372 g/mol. The van der Waals surface area contributed by atoms with Gasteiger partial charge in [0.1, 0.15) is 5.69 Å². The van der Waals surface area contributed by atoms with Gasteiger partial charge in [0.25, 0.3) is 5.91 Å². The Morgan fingerprint density at radius 3 is 3.00 bits per heavy atom. The maximum Gasteiger partial charge on any atom is 0.255 e. The van der Waals surface area contributed by atoms with Gasteiger partial charge in [-0.05, 0) is 55.5 Å². The molecule has 0 bridgehead atoms. The van der Waals surface area contributed by atoms with Crippen LogP contribution in [0.1, 0.15) is 40.7 Å². The van der Waals surface area contributed by atoms with Crippen molar-refractivity contribution in [2.75, 3.05) is 6.54 Å². The van der Waals surface area contributed by atoms with Gasteiger partial charge in [-0.3, -0.25) is 4.79 Å². The van der Waals surface area contributed by atoms with Gasteiger partial charge in [0.05, 0.1) is 23.4 Å². The fraction of sp³-hybridized carbons (Fsp3) is 0.286. The van der Waals surface area contributed by atoms with Gasteiger partial charge in [-0.1, -0.05) is 0 Å². The Balaban J connectivity index is 1.63. The second-order valence-electron chi connectivity index (χ2n) is 7.30. The molecule has 28 heavy (non-hydrogen) atoms. The molecule has 0 unspecified atom stereocenters. The minimum absolute atomic E-state index is 0.0142. The molecular formula is C21H20N4O2S. The highest BCUT2D eigenvalue weighted by Gasteiger charge is 2.26. The molecule has 4 aromatic heterocycles. The number of furan rings is 1. The Labute approximate surface area is 166 Å². The first kappa shape index (κ1) is 17.2. The van der Waals surface area contributed by atoms with Crippen LogP contribution in [-0.2, 0) is 13.0 Å². The summed E-state index contributed by atoms with van der Waals surface area (Å²) in [5.41, 5.74) is 3.23. The number of aromatic nitrogens is 3. The van der Waals surface area contributed by atoms with E-state index in [9.17, 15) is 4.79 Å². The molecule has 6 nitrogen and oxygen atoms in total. The monoisotopic (exact) mass is 392 g/mol. The number of amides is 1. The Hall–Kier alpha value is -2.93. The average Bonchev–Trinajstić information content (AvgIpc) is 3.45. The van der Waals surface area contributed by atoms with Crippen molar-refractivity contribution in [1.29, 1.82) is 0 Å². The second kappa shape index (κ2) is 6.60. The number of hydrogen-bond acceptors (Lipinski definition) is 5. The van der Waals surface area contributed by atoms with Crippen LogP contribution in [0.5, 0.6) is 0 Å². The Kier molecular flexibility index (Phi) is 4.05. The lowest BCUT2D eigenvalue weighted by Gasteiger charge is -2.27. The molecule has 0 saturated heterocycles. The standard InChI is InChI=1S/C21H20N4O2S/c1-13(2)25-20-16(11-22-25)15(10-17(23-20)18-4-3-8-27-18)21(26)24-7-5-19-14(12-24)6-9-28-19/h3-4,6,8-11,13H,5,7,12H2,1-2H3. The fourth-order valence-electron chi connectivity index (χ4n) is 3.72. The molecule has 1 aliphatic rings. The van der Waals surface area contributed by atoms with E-state index in [4.69, 9.17) is 9.40 Å². The number of carbonyl (C=O) groups excluding carboxylic acids is 1. The zero-order valence-corrected chi connectivity index (χ0v) is 16.6.